The van der Waals surface area contributed by atoms with Gasteiger partial charge < -0.3 is 10.1 Å². The number of nitrogens with zero attached hydrogens (tertiary/aromatic N) is 1. The van der Waals surface area contributed by atoms with Crippen molar-refractivity contribution in [3.05, 3.63) is 59.8 Å². The van der Waals surface area contributed by atoms with Crippen LogP contribution in [-0.2, 0) is 21.0 Å². The number of nitrogens with one attached hydrogen (secondary N) is 2. The van der Waals surface area contributed by atoms with E-state index >= 15 is 0 Å². The number of hydrogen-bond acceptors (Lipinski definition) is 6. The van der Waals surface area contributed by atoms with Gasteiger partial charge in [-0.15, -0.1) is 0 Å². The fourth-order valence-corrected chi connectivity index (χ4v) is 6.89. The van der Waals surface area contributed by atoms with Crippen molar-refractivity contribution < 1.29 is 31.5 Å². The normalized spacial score (nSPS) is 16.4. The number of rotatable bonds is 9. The Morgan fingerprint density at radius 3 is 2.74 bits per heavy atom. The number of carbonyl (C=O) groups is 1. The number of anilines is 1. The van der Waals surface area contributed by atoms with Crippen molar-refractivity contribution in [2.45, 2.75) is 22.7 Å². The van der Waals surface area contributed by atoms with Crippen LogP contribution in [0.2, 0.25) is 0 Å². The maximum Gasteiger partial charge on any atom is 0.417 e. The number of thioether (sulfide) groups is 2. The number of aliphatic carboxylic acids is 1. The first kappa shape index (κ1) is 25.5. The first-order valence-electron chi connectivity index (χ1n) is 10.4. The molecule has 3 aromatic rings. The molecule has 1 aliphatic rings. The Morgan fingerprint density at radius 1 is 1.23 bits per heavy atom. The van der Waals surface area contributed by atoms with Crippen LogP contribution in [0, 0.1) is 0 Å². The molecule has 1 aliphatic heterocycles. The van der Waals surface area contributed by atoms with E-state index in [0.29, 0.717) is 28.9 Å². The monoisotopic (exact) mass is 543 g/mol. The standard InChI is InChI=1S/C22H20F3N3O4S3/c23-22(24,25)15-5-1-2-7-18(15)35(31,32)28-16-6-3-4-13-10-17(27-20(13)16)21-26-11-14(34-21)8-9-33-12-19(29)30/h1-7,10,14,27-28H,8-9,11-12H2,(H,29,30). The number of carboxylic acid groups (broad SMARTS) is 1. The molecule has 4 rings (SSSR count). The highest BCUT2D eigenvalue weighted by Gasteiger charge is 2.37. The molecule has 0 amide bonds. The predicted octanol–water partition coefficient (Wildman–Crippen LogP) is 5.06. The summed E-state index contributed by atoms with van der Waals surface area (Å²) < 4.78 is 68.2. The zero-order valence-electron chi connectivity index (χ0n) is 18.0. The van der Waals surface area contributed by atoms with Gasteiger partial charge in [-0.1, -0.05) is 36.0 Å². The Bertz CT molecular complexity index is 1390. The smallest absolute Gasteiger partial charge is 0.417 e. The number of aromatic nitrogens is 1. The summed E-state index contributed by atoms with van der Waals surface area (Å²) in [5, 5.41) is 10.3. The van der Waals surface area contributed by atoms with Gasteiger partial charge in [0, 0.05) is 10.6 Å². The molecule has 0 radical (unpaired) electrons. The van der Waals surface area contributed by atoms with E-state index in [1.54, 1.807) is 23.9 Å². The largest absolute Gasteiger partial charge is 0.481 e. The number of carboxylic acids is 1. The molecule has 0 saturated heterocycles. The summed E-state index contributed by atoms with van der Waals surface area (Å²) in [6, 6.07) is 10.7. The SMILES string of the molecule is O=C(O)CSCCC1CN=C(c2cc3cccc(NS(=O)(=O)c4ccccc4C(F)(F)F)c3[nH]2)S1. The Morgan fingerprint density at radius 2 is 2.00 bits per heavy atom. The van der Waals surface area contributed by atoms with E-state index in [4.69, 9.17) is 5.11 Å². The van der Waals surface area contributed by atoms with Crippen molar-refractivity contribution in [3.63, 3.8) is 0 Å². The molecule has 186 valence electrons. The Balaban J connectivity index is 1.53. The van der Waals surface area contributed by atoms with Crippen molar-refractivity contribution in [1.29, 1.82) is 0 Å². The molecule has 35 heavy (non-hydrogen) atoms. The van der Waals surface area contributed by atoms with Gasteiger partial charge in [-0.3, -0.25) is 14.5 Å². The summed E-state index contributed by atoms with van der Waals surface area (Å²) in [6.07, 6.45) is -4.03. The van der Waals surface area contributed by atoms with E-state index < -0.39 is 32.6 Å². The van der Waals surface area contributed by atoms with Crippen LogP contribution in [0.15, 0.2) is 58.4 Å². The third kappa shape index (κ3) is 5.96. The van der Waals surface area contributed by atoms with Gasteiger partial charge in [-0.25, -0.2) is 8.42 Å². The summed E-state index contributed by atoms with van der Waals surface area (Å²) in [5.74, 6) is -0.0956. The van der Waals surface area contributed by atoms with Crippen LogP contribution in [0.4, 0.5) is 18.9 Å². The van der Waals surface area contributed by atoms with Crippen LogP contribution in [0.3, 0.4) is 0 Å². The van der Waals surface area contributed by atoms with Crippen LogP contribution in [0.25, 0.3) is 10.9 Å². The molecule has 0 fully saturated rings. The van der Waals surface area contributed by atoms with Crippen LogP contribution in [0.5, 0.6) is 0 Å². The summed E-state index contributed by atoms with van der Waals surface area (Å²) in [4.78, 5) is 17.5. The molecule has 7 nitrogen and oxygen atoms in total. The van der Waals surface area contributed by atoms with Crippen LogP contribution in [0.1, 0.15) is 17.7 Å². The van der Waals surface area contributed by atoms with Crippen molar-refractivity contribution >= 4 is 61.2 Å². The number of benzene rings is 2. The Labute approximate surface area is 207 Å². The minimum atomic E-state index is -4.82. The number of fused-ring (bicyclic) bond motifs is 1. The molecule has 0 saturated carbocycles. The number of H-pyrrole nitrogens is 1. The molecule has 13 heteroatoms. The van der Waals surface area contributed by atoms with Crippen molar-refractivity contribution in [3.8, 4) is 0 Å². The minimum Gasteiger partial charge on any atom is -0.481 e. The number of aromatic amines is 1. The van der Waals surface area contributed by atoms with Gasteiger partial charge in [0.2, 0.25) is 0 Å². The molecule has 1 atom stereocenters. The molecule has 0 spiro atoms. The summed E-state index contributed by atoms with van der Waals surface area (Å²) >= 11 is 2.90. The zero-order chi connectivity index (χ0) is 25.2. The van der Waals surface area contributed by atoms with Gasteiger partial charge in [-0.05, 0) is 36.4 Å². The molecule has 3 N–H and O–H groups in total. The maximum atomic E-state index is 13.4. The third-order valence-corrected chi connectivity index (χ3v) is 8.83. The van der Waals surface area contributed by atoms with E-state index in [9.17, 15) is 26.4 Å². The average Bonchev–Trinajstić information content (AvgIpc) is 3.43. The molecule has 2 heterocycles. The van der Waals surface area contributed by atoms with E-state index in [0.717, 1.165) is 29.7 Å². The zero-order valence-corrected chi connectivity index (χ0v) is 20.5. The second-order valence-corrected chi connectivity index (χ2v) is 11.7. The highest BCUT2D eigenvalue weighted by Crippen LogP contribution is 2.36. The molecular weight excluding hydrogens is 523 g/mol. The number of halogens is 3. The summed E-state index contributed by atoms with van der Waals surface area (Å²) in [6.45, 7) is 0.580. The number of sulfonamides is 1. The lowest BCUT2D eigenvalue weighted by Crippen LogP contribution is -2.19. The maximum absolute atomic E-state index is 13.4. The van der Waals surface area contributed by atoms with Gasteiger partial charge in [-0.2, -0.15) is 24.9 Å². The van der Waals surface area contributed by atoms with Crippen molar-refractivity contribution in [1.82, 2.24) is 4.98 Å². The molecule has 0 aliphatic carbocycles. The average molecular weight is 544 g/mol. The van der Waals surface area contributed by atoms with Gasteiger partial charge in [0.25, 0.3) is 10.0 Å². The second kappa shape index (κ2) is 10.2. The molecular formula is C22H20F3N3O4S3. The number of aliphatic imine (C=N–C) groups is 1. The second-order valence-electron chi connectivity index (χ2n) is 7.67. The Kier molecular flexibility index (Phi) is 7.38. The Hall–Kier alpha value is -2.64. The number of hydrogen-bond donors (Lipinski definition) is 3. The first-order chi connectivity index (χ1) is 16.5. The highest BCUT2D eigenvalue weighted by molar-refractivity contribution is 8.15. The lowest BCUT2D eigenvalue weighted by atomic mass is 10.2. The predicted molar refractivity (Wildman–Crippen MR) is 133 cm³/mol. The van der Waals surface area contributed by atoms with E-state index in [1.807, 2.05) is 6.07 Å². The van der Waals surface area contributed by atoms with Crippen molar-refractivity contribution in [2.75, 3.05) is 22.8 Å². The third-order valence-electron chi connectivity index (χ3n) is 5.14. The molecule has 1 aromatic heterocycles. The van der Waals surface area contributed by atoms with Gasteiger partial charge in [0.1, 0.15) is 5.04 Å². The van der Waals surface area contributed by atoms with Crippen molar-refractivity contribution in [2.24, 2.45) is 4.99 Å². The van der Waals surface area contributed by atoms with Gasteiger partial charge in [0.05, 0.1) is 39.7 Å². The fourth-order valence-electron chi connectivity index (χ4n) is 3.58. The summed E-state index contributed by atoms with van der Waals surface area (Å²) in [5.41, 5.74) is -0.0144. The van der Waals surface area contributed by atoms with Crippen LogP contribution in [-0.4, -0.2) is 52.8 Å². The molecule has 2 aromatic carbocycles. The number of alkyl halides is 3. The van der Waals surface area contributed by atoms with Crippen LogP contribution >= 0.6 is 23.5 Å². The van der Waals surface area contributed by atoms with E-state index in [2.05, 4.69) is 14.7 Å². The van der Waals surface area contributed by atoms with Gasteiger partial charge in [0.15, 0.2) is 0 Å². The quantitative estimate of drug-likeness (QED) is 0.326. The fraction of sp³-hybridized carbons (Fsp3) is 0.273. The minimum absolute atomic E-state index is 0.0548. The number of para-hydroxylation sites is 1. The highest BCUT2D eigenvalue weighted by atomic mass is 32.2. The van der Waals surface area contributed by atoms with Gasteiger partial charge >= 0.3 is 12.1 Å². The molecule has 0 bridgehead atoms. The lowest BCUT2D eigenvalue weighted by molar-refractivity contribution is -0.140. The van der Waals surface area contributed by atoms with E-state index in [-0.39, 0.29) is 16.7 Å². The first-order valence-corrected chi connectivity index (χ1v) is 13.9. The molecule has 1 unspecified atom stereocenters. The topological polar surface area (TPSA) is 112 Å². The van der Waals surface area contributed by atoms with E-state index in [1.165, 1.54) is 23.9 Å². The van der Waals surface area contributed by atoms with Crippen LogP contribution < -0.4 is 4.72 Å². The summed E-state index contributed by atoms with van der Waals surface area (Å²) in [7, 11) is -4.53. The lowest BCUT2D eigenvalue weighted by Gasteiger charge is -2.14.